The monoisotopic (exact) mass is 254 g/mol. The highest BCUT2D eigenvalue weighted by Gasteiger charge is 2.21. The number of nitrogens with zero attached hydrogens (tertiary/aromatic N) is 2. The maximum atomic E-state index is 11.9. The van der Waals surface area contributed by atoms with E-state index in [9.17, 15) is 9.59 Å². The fraction of sp³-hybridized carbons (Fsp3) is 0.583. The Hall–Kier alpha value is -1.69. The predicted octanol–water partition coefficient (Wildman–Crippen LogP) is 0.885. The molecule has 0 aliphatic carbocycles. The van der Waals surface area contributed by atoms with Crippen molar-refractivity contribution in [3.63, 3.8) is 0 Å². The minimum Gasteiger partial charge on any atom is -0.477 e. The van der Waals surface area contributed by atoms with Crippen molar-refractivity contribution in [1.29, 1.82) is 0 Å². The number of ether oxygens (including phenoxy) is 1. The lowest BCUT2D eigenvalue weighted by atomic mass is 9.91. The summed E-state index contributed by atoms with van der Waals surface area (Å²) in [5.74, 6) is -1.24. The number of carboxylic acids is 1. The van der Waals surface area contributed by atoms with Gasteiger partial charge in [0.1, 0.15) is 5.56 Å². The average molecular weight is 254 g/mol. The molecule has 6 heteroatoms. The third kappa shape index (κ3) is 3.16. The number of hydrogen-bond donors (Lipinski definition) is 1. The second-order valence-corrected chi connectivity index (χ2v) is 5.02. The van der Waals surface area contributed by atoms with Crippen LogP contribution in [0.25, 0.3) is 0 Å². The molecule has 0 fully saturated rings. The van der Waals surface area contributed by atoms with E-state index >= 15 is 0 Å². The van der Waals surface area contributed by atoms with E-state index in [2.05, 4.69) is 5.10 Å². The van der Waals surface area contributed by atoms with E-state index in [0.717, 1.165) is 4.68 Å². The zero-order valence-electron chi connectivity index (χ0n) is 11.1. The van der Waals surface area contributed by atoms with Crippen LogP contribution in [0.3, 0.4) is 0 Å². The van der Waals surface area contributed by atoms with Crippen molar-refractivity contribution in [2.75, 3.05) is 13.7 Å². The molecule has 6 nitrogen and oxygen atoms in total. The Bertz CT molecular complexity index is 500. The SMILES string of the molecule is COCCn1nc(C(C)(C)C)cc(C(=O)O)c1=O. The predicted molar refractivity (Wildman–Crippen MR) is 66.0 cm³/mol. The summed E-state index contributed by atoms with van der Waals surface area (Å²) >= 11 is 0. The molecule has 0 bridgehead atoms. The summed E-state index contributed by atoms with van der Waals surface area (Å²) in [7, 11) is 1.51. The van der Waals surface area contributed by atoms with E-state index in [0.29, 0.717) is 12.3 Å². The average Bonchev–Trinajstić information content (AvgIpc) is 2.25. The molecular formula is C12H18N2O4. The number of hydrogen-bond acceptors (Lipinski definition) is 4. The van der Waals surface area contributed by atoms with Crippen molar-refractivity contribution in [2.45, 2.75) is 32.7 Å². The first-order valence-electron chi connectivity index (χ1n) is 5.62. The third-order valence-electron chi connectivity index (χ3n) is 2.48. The zero-order chi connectivity index (χ0) is 13.9. The van der Waals surface area contributed by atoms with E-state index < -0.39 is 11.5 Å². The Labute approximate surface area is 105 Å². The van der Waals surface area contributed by atoms with Gasteiger partial charge in [0, 0.05) is 12.5 Å². The second kappa shape index (κ2) is 5.30. The molecule has 0 saturated heterocycles. The standard InChI is InChI=1S/C12H18N2O4/c1-12(2,3)9-7-8(11(16)17)10(15)14(13-9)5-6-18-4/h7H,5-6H2,1-4H3,(H,16,17). The number of carbonyl (C=O) groups is 1. The zero-order valence-corrected chi connectivity index (χ0v) is 11.1. The Morgan fingerprint density at radius 1 is 1.50 bits per heavy atom. The summed E-state index contributed by atoms with van der Waals surface area (Å²) in [5.41, 5.74) is -0.624. The van der Waals surface area contributed by atoms with Crippen LogP contribution < -0.4 is 5.56 Å². The number of aromatic nitrogens is 2. The Morgan fingerprint density at radius 3 is 2.56 bits per heavy atom. The van der Waals surface area contributed by atoms with Gasteiger partial charge in [-0.1, -0.05) is 20.8 Å². The summed E-state index contributed by atoms with van der Waals surface area (Å²) in [6, 6.07) is 1.34. The van der Waals surface area contributed by atoms with Crippen LogP contribution in [0, 0.1) is 0 Å². The lowest BCUT2D eigenvalue weighted by Crippen LogP contribution is -2.33. The molecule has 0 unspecified atom stereocenters. The van der Waals surface area contributed by atoms with Gasteiger partial charge in [-0.25, -0.2) is 9.48 Å². The molecule has 0 radical (unpaired) electrons. The molecular weight excluding hydrogens is 236 g/mol. The maximum absolute atomic E-state index is 11.9. The molecule has 0 aliphatic heterocycles. The highest BCUT2D eigenvalue weighted by Crippen LogP contribution is 2.19. The number of methoxy groups -OCH3 is 1. The molecule has 1 aromatic heterocycles. The molecule has 100 valence electrons. The van der Waals surface area contributed by atoms with Gasteiger partial charge in [-0.15, -0.1) is 0 Å². The summed E-state index contributed by atoms with van der Waals surface area (Å²) in [6.45, 7) is 6.27. The van der Waals surface area contributed by atoms with Crippen LogP contribution in [-0.4, -0.2) is 34.6 Å². The van der Waals surface area contributed by atoms with Crippen LogP contribution in [0.5, 0.6) is 0 Å². The van der Waals surface area contributed by atoms with Crippen LogP contribution in [-0.2, 0) is 16.7 Å². The van der Waals surface area contributed by atoms with Gasteiger partial charge in [-0.2, -0.15) is 5.10 Å². The van der Waals surface area contributed by atoms with Crippen molar-refractivity contribution < 1.29 is 14.6 Å². The molecule has 0 amide bonds. The smallest absolute Gasteiger partial charge is 0.341 e. The van der Waals surface area contributed by atoms with Gasteiger partial charge in [-0.3, -0.25) is 4.79 Å². The fourth-order valence-corrected chi connectivity index (χ4v) is 1.39. The molecule has 1 rings (SSSR count). The topological polar surface area (TPSA) is 81.4 Å². The van der Waals surface area contributed by atoms with Crippen LogP contribution in [0.15, 0.2) is 10.9 Å². The lowest BCUT2D eigenvalue weighted by Gasteiger charge is -2.19. The van der Waals surface area contributed by atoms with E-state index in [1.807, 2.05) is 20.8 Å². The van der Waals surface area contributed by atoms with E-state index in [-0.39, 0.29) is 17.5 Å². The minimum atomic E-state index is -1.24. The van der Waals surface area contributed by atoms with Gasteiger partial charge in [-0.05, 0) is 6.07 Å². The van der Waals surface area contributed by atoms with E-state index in [1.165, 1.54) is 13.2 Å². The molecule has 0 aromatic carbocycles. The first-order valence-corrected chi connectivity index (χ1v) is 5.62. The first-order chi connectivity index (χ1) is 8.27. The summed E-state index contributed by atoms with van der Waals surface area (Å²) in [5, 5.41) is 13.2. The minimum absolute atomic E-state index is 0.236. The molecule has 1 aromatic rings. The molecule has 1 N–H and O–H groups in total. The summed E-state index contributed by atoms with van der Waals surface area (Å²) in [4.78, 5) is 22.9. The highest BCUT2D eigenvalue weighted by molar-refractivity contribution is 5.87. The largest absolute Gasteiger partial charge is 0.477 e. The Morgan fingerprint density at radius 2 is 2.11 bits per heavy atom. The van der Waals surface area contributed by atoms with Crippen molar-refractivity contribution >= 4 is 5.97 Å². The van der Waals surface area contributed by atoms with Crippen LogP contribution >= 0.6 is 0 Å². The van der Waals surface area contributed by atoms with Crippen molar-refractivity contribution in [3.05, 3.63) is 27.7 Å². The normalized spacial score (nSPS) is 11.6. The van der Waals surface area contributed by atoms with Gasteiger partial charge in [0.05, 0.1) is 18.8 Å². The Kier molecular flexibility index (Phi) is 4.24. The molecule has 1 heterocycles. The van der Waals surface area contributed by atoms with Gasteiger partial charge in [0.25, 0.3) is 5.56 Å². The van der Waals surface area contributed by atoms with Gasteiger partial charge in [0.2, 0.25) is 0 Å². The van der Waals surface area contributed by atoms with Gasteiger partial charge < -0.3 is 9.84 Å². The quantitative estimate of drug-likeness (QED) is 0.862. The van der Waals surface area contributed by atoms with Gasteiger partial charge in [0.15, 0.2) is 0 Å². The molecule has 0 atom stereocenters. The van der Waals surface area contributed by atoms with Crippen molar-refractivity contribution in [1.82, 2.24) is 9.78 Å². The van der Waals surface area contributed by atoms with E-state index in [4.69, 9.17) is 9.84 Å². The van der Waals surface area contributed by atoms with Crippen LogP contribution in [0.1, 0.15) is 36.8 Å². The number of aromatic carboxylic acids is 1. The summed E-state index contributed by atoms with van der Waals surface area (Å²) < 4.78 is 6.03. The number of rotatable bonds is 4. The molecule has 0 saturated carbocycles. The molecule has 0 aliphatic rings. The van der Waals surface area contributed by atoms with Gasteiger partial charge >= 0.3 is 5.97 Å². The molecule has 0 spiro atoms. The molecule has 18 heavy (non-hydrogen) atoms. The Balaban J connectivity index is 3.37. The van der Waals surface area contributed by atoms with E-state index in [1.54, 1.807) is 0 Å². The second-order valence-electron chi connectivity index (χ2n) is 5.02. The lowest BCUT2D eigenvalue weighted by molar-refractivity contribution is 0.0692. The van der Waals surface area contributed by atoms with Crippen molar-refractivity contribution in [3.8, 4) is 0 Å². The highest BCUT2D eigenvalue weighted by atomic mass is 16.5. The van der Waals surface area contributed by atoms with Crippen LogP contribution in [0.2, 0.25) is 0 Å². The summed E-state index contributed by atoms with van der Waals surface area (Å²) in [6.07, 6.45) is 0. The first kappa shape index (κ1) is 14.4. The van der Waals surface area contributed by atoms with Crippen molar-refractivity contribution in [2.24, 2.45) is 0 Å². The number of carboxylic acid groups (broad SMARTS) is 1. The third-order valence-corrected chi connectivity index (χ3v) is 2.48. The maximum Gasteiger partial charge on any atom is 0.341 e. The van der Waals surface area contributed by atoms with Crippen LogP contribution in [0.4, 0.5) is 0 Å². The fourth-order valence-electron chi connectivity index (χ4n) is 1.39.